The number of rotatable bonds is 8. The summed E-state index contributed by atoms with van der Waals surface area (Å²) >= 11 is 0. The van der Waals surface area contributed by atoms with Crippen molar-refractivity contribution in [3.63, 3.8) is 0 Å². The van der Waals surface area contributed by atoms with E-state index in [0.29, 0.717) is 32.2 Å². The molecule has 222 valence electrons. The maximum absolute atomic E-state index is 13.5. The van der Waals surface area contributed by atoms with E-state index in [-0.39, 0.29) is 49.8 Å². The summed E-state index contributed by atoms with van der Waals surface area (Å²) in [6, 6.07) is 15.2. The first-order chi connectivity index (χ1) is 19.6. The predicted octanol–water partition coefficient (Wildman–Crippen LogP) is 4.83. The molecule has 8 heteroatoms. The van der Waals surface area contributed by atoms with Crippen molar-refractivity contribution in [2.24, 2.45) is 17.3 Å². The van der Waals surface area contributed by atoms with Crippen LogP contribution in [0.15, 0.2) is 66.7 Å². The van der Waals surface area contributed by atoms with Crippen LogP contribution in [0, 0.1) is 23.1 Å². The molecule has 1 aliphatic rings. The smallest absolute Gasteiger partial charge is 0.309 e. The SMILES string of the molecule is CC(C)(C)[C@@H]1COC(=O)[C@H](Cc2ccc(F)cc2)CC/C=C\C[C@H](CC(=O)N(CCO)Cc2ccccc2)C(=O)N1. The lowest BCUT2D eigenvalue weighted by atomic mass is 9.86. The monoisotopic (exact) mass is 566 g/mol. The van der Waals surface area contributed by atoms with E-state index in [2.05, 4.69) is 5.32 Å². The molecule has 0 radical (unpaired) electrons. The average molecular weight is 567 g/mol. The molecule has 2 aromatic carbocycles. The number of carbonyl (C=O) groups excluding carboxylic acids is 3. The Hall–Kier alpha value is -3.52. The summed E-state index contributed by atoms with van der Waals surface area (Å²) in [4.78, 5) is 41.6. The molecule has 7 nitrogen and oxygen atoms in total. The van der Waals surface area contributed by atoms with Crippen molar-refractivity contribution in [3.05, 3.63) is 83.7 Å². The molecule has 0 bridgehead atoms. The largest absolute Gasteiger partial charge is 0.463 e. The third-order valence-corrected chi connectivity index (χ3v) is 7.48. The summed E-state index contributed by atoms with van der Waals surface area (Å²) in [6.07, 6.45) is 5.76. The van der Waals surface area contributed by atoms with Crippen molar-refractivity contribution in [2.45, 2.75) is 65.5 Å². The molecule has 2 amide bonds. The van der Waals surface area contributed by atoms with Gasteiger partial charge in [-0.2, -0.15) is 0 Å². The van der Waals surface area contributed by atoms with Crippen LogP contribution >= 0.6 is 0 Å². The zero-order chi connectivity index (χ0) is 29.8. The highest BCUT2D eigenvalue weighted by Crippen LogP contribution is 2.24. The quantitative estimate of drug-likeness (QED) is 0.353. The number of amides is 2. The number of allylic oxidation sites excluding steroid dienone is 2. The van der Waals surface area contributed by atoms with E-state index < -0.39 is 23.3 Å². The highest BCUT2D eigenvalue weighted by molar-refractivity contribution is 5.86. The number of halogens is 1. The molecule has 2 aromatic rings. The minimum absolute atomic E-state index is 0.00668. The van der Waals surface area contributed by atoms with Gasteiger partial charge in [0.15, 0.2) is 0 Å². The third kappa shape index (κ3) is 10.4. The lowest BCUT2D eigenvalue weighted by Crippen LogP contribution is -2.50. The Kier molecular flexibility index (Phi) is 12.1. The van der Waals surface area contributed by atoms with Crippen LogP contribution in [0.25, 0.3) is 0 Å². The number of hydrogen-bond acceptors (Lipinski definition) is 5. The number of aliphatic hydroxyl groups excluding tert-OH is 1. The van der Waals surface area contributed by atoms with Gasteiger partial charge in [-0.25, -0.2) is 4.39 Å². The topological polar surface area (TPSA) is 95.9 Å². The average Bonchev–Trinajstić information content (AvgIpc) is 2.94. The van der Waals surface area contributed by atoms with Crippen LogP contribution in [0.5, 0.6) is 0 Å². The first-order valence-corrected chi connectivity index (χ1v) is 14.4. The molecule has 2 N–H and O–H groups in total. The van der Waals surface area contributed by atoms with Crippen molar-refractivity contribution in [3.8, 4) is 0 Å². The van der Waals surface area contributed by atoms with Gasteiger partial charge in [-0.15, -0.1) is 0 Å². The Bertz CT molecular complexity index is 1160. The molecule has 0 saturated carbocycles. The first kappa shape index (κ1) is 32.0. The van der Waals surface area contributed by atoms with Crippen LogP contribution in [0.2, 0.25) is 0 Å². The Morgan fingerprint density at radius 3 is 2.39 bits per heavy atom. The van der Waals surface area contributed by atoms with E-state index in [1.807, 2.05) is 63.3 Å². The van der Waals surface area contributed by atoms with Gasteiger partial charge in [0.25, 0.3) is 0 Å². The highest BCUT2D eigenvalue weighted by atomic mass is 19.1. The molecule has 3 atom stereocenters. The van der Waals surface area contributed by atoms with Crippen LogP contribution < -0.4 is 5.32 Å². The molecular formula is C33H43FN2O5. The number of benzene rings is 2. The Morgan fingerprint density at radius 2 is 1.73 bits per heavy atom. The van der Waals surface area contributed by atoms with Crippen LogP contribution in [-0.4, -0.2) is 53.6 Å². The number of esters is 1. The molecule has 1 aliphatic heterocycles. The summed E-state index contributed by atoms with van der Waals surface area (Å²) in [7, 11) is 0. The standard InChI is InChI=1S/C33H43FN2O5/c1-33(2,3)29-23-41-32(40)27(20-24-14-16-28(34)17-15-24)13-9-5-8-12-26(31(39)35-29)21-30(38)36(18-19-37)22-25-10-6-4-7-11-25/h4-8,10-11,14-17,26-27,29,37H,9,12-13,18-23H2,1-3H3,(H,35,39)/b8-5-/t26-,27+,29+/m1/s1. The Morgan fingerprint density at radius 1 is 1.02 bits per heavy atom. The second-order valence-electron chi connectivity index (χ2n) is 11.8. The first-order valence-electron chi connectivity index (χ1n) is 14.4. The maximum Gasteiger partial charge on any atom is 0.309 e. The highest BCUT2D eigenvalue weighted by Gasteiger charge is 2.32. The zero-order valence-corrected chi connectivity index (χ0v) is 24.4. The fourth-order valence-corrected chi connectivity index (χ4v) is 4.80. The van der Waals surface area contributed by atoms with Crippen molar-refractivity contribution >= 4 is 17.8 Å². The summed E-state index contributed by atoms with van der Waals surface area (Å²) in [5.41, 5.74) is 1.38. The molecule has 1 heterocycles. The fourth-order valence-electron chi connectivity index (χ4n) is 4.80. The van der Waals surface area contributed by atoms with E-state index >= 15 is 0 Å². The Balaban J connectivity index is 1.77. The molecule has 41 heavy (non-hydrogen) atoms. The number of nitrogens with zero attached hydrogens (tertiary/aromatic N) is 1. The van der Waals surface area contributed by atoms with Gasteiger partial charge in [-0.1, -0.05) is 75.4 Å². The lowest BCUT2D eigenvalue weighted by molar-refractivity contribution is -0.151. The number of carbonyl (C=O) groups is 3. The van der Waals surface area contributed by atoms with Crippen molar-refractivity contribution in [2.75, 3.05) is 19.8 Å². The van der Waals surface area contributed by atoms with E-state index in [1.54, 1.807) is 17.0 Å². The fraction of sp³-hybridized carbons (Fsp3) is 0.485. The van der Waals surface area contributed by atoms with E-state index in [9.17, 15) is 23.9 Å². The minimum atomic E-state index is -0.618. The summed E-state index contributed by atoms with van der Waals surface area (Å²) < 4.78 is 19.1. The summed E-state index contributed by atoms with van der Waals surface area (Å²) in [6.45, 7) is 6.24. The minimum Gasteiger partial charge on any atom is -0.463 e. The van der Waals surface area contributed by atoms with E-state index in [1.165, 1.54) is 12.1 Å². The van der Waals surface area contributed by atoms with E-state index in [0.717, 1.165) is 11.1 Å². The van der Waals surface area contributed by atoms with Gasteiger partial charge in [0.2, 0.25) is 11.8 Å². The van der Waals surface area contributed by atoms with Gasteiger partial charge in [-0.3, -0.25) is 14.4 Å². The molecule has 0 spiro atoms. The normalized spacial score (nSPS) is 21.4. The predicted molar refractivity (Wildman–Crippen MR) is 156 cm³/mol. The summed E-state index contributed by atoms with van der Waals surface area (Å²) in [5.74, 6) is -2.19. The number of aliphatic hydroxyl groups is 1. The molecular weight excluding hydrogens is 523 g/mol. The molecule has 0 aliphatic carbocycles. The van der Waals surface area contributed by atoms with Crippen LogP contribution in [0.1, 0.15) is 57.6 Å². The van der Waals surface area contributed by atoms with Gasteiger partial charge in [-0.05, 0) is 54.4 Å². The van der Waals surface area contributed by atoms with Crippen LogP contribution in [0.3, 0.4) is 0 Å². The molecule has 0 unspecified atom stereocenters. The third-order valence-electron chi connectivity index (χ3n) is 7.48. The van der Waals surface area contributed by atoms with Gasteiger partial charge in [0, 0.05) is 19.5 Å². The van der Waals surface area contributed by atoms with Gasteiger partial charge in [0.1, 0.15) is 12.4 Å². The van der Waals surface area contributed by atoms with Gasteiger partial charge >= 0.3 is 5.97 Å². The maximum atomic E-state index is 13.5. The number of nitrogens with one attached hydrogen (secondary N) is 1. The molecule has 0 saturated heterocycles. The second kappa shape index (κ2) is 15.5. The van der Waals surface area contributed by atoms with Gasteiger partial charge < -0.3 is 20.1 Å². The zero-order valence-electron chi connectivity index (χ0n) is 24.4. The second-order valence-corrected chi connectivity index (χ2v) is 11.8. The van der Waals surface area contributed by atoms with Crippen molar-refractivity contribution in [1.29, 1.82) is 0 Å². The van der Waals surface area contributed by atoms with E-state index in [4.69, 9.17) is 4.74 Å². The molecule has 0 aromatic heterocycles. The van der Waals surface area contributed by atoms with Crippen molar-refractivity contribution < 1.29 is 28.6 Å². The van der Waals surface area contributed by atoms with Crippen LogP contribution in [0.4, 0.5) is 4.39 Å². The number of ether oxygens (including phenoxy) is 1. The van der Waals surface area contributed by atoms with Crippen LogP contribution in [-0.2, 0) is 32.1 Å². The summed E-state index contributed by atoms with van der Waals surface area (Å²) in [5, 5.41) is 12.6. The molecule has 0 fully saturated rings. The Labute approximate surface area is 242 Å². The lowest BCUT2D eigenvalue weighted by Gasteiger charge is -2.33. The number of cyclic esters (lactones) is 1. The number of hydrogen-bond donors (Lipinski definition) is 2. The van der Waals surface area contributed by atoms with Crippen molar-refractivity contribution in [1.82, 2.24) is 10.2 Å². The van der Waals surface area contributed by atoms with Gasteiger partial charge in [0.05, 0.1) is 24.5 Å². The molecule has 3 rings (SSSR count).